The zero-order valence-electron chi connectivity index (χ0n) is 12.7. The number of carbonyl (C=O) groups is 2. The number of hydrogen-bond donors (Lipinski definition) is 0. The van der Waals surface area contributed by atoms with Gasteiger partial charge in [0.25, 0.3) is 11.1 Å². The standard InChI is InChI=1S/C17H12N2O3S2/c1-19-16(20)13(23-17(19)21)9-11-6-7-15(22-11)24-14-8-10-4-2-3-5-12(10)18-14/h2-7,9H,8H2,1H3. The lowest BCUT2D eigenvalue weighted by molar-refractivity contribution is -0.121. The van der Waals surface area contributed by atoms with Crippen LogP contribution in [0.4, 0.5) is 10.5 Å². The Balaban J connectivity index is 1.49. The molecule has 2 amide bonds. The molecule has 1 saturated heterocycles. The van der Waals surface area contributed by atoms with Crippen molar-refractivity contribution >= 4 is 51.5 Å². The maximum atomic E-state index is 11.9. The van der Waals surface area contributed by atoms with Crippen molar-refractivity contribution in [3.63, 3.8) is 0 Å². The highest BCUT2D eigenvalue weighted by molar-refractivity contribution is 8.18. The molecule has 0 unspecified atom stereocenters. The quantitative estimate of drug-likeness (QED) is 0.750. The largest absolute Gasteiger partial charge is 0.450 e. The van der Waals surface area contributed by atoms with Crippen molar-refractivity contribution in [2.75, 3.05) is 7.05 Å². The lowest BCUT2D eigenvalue weighted by atomic mass is 10.2. The summed E-state index contributed by atoms with van der Waals surface area (Å²) >= 11 is 2.39. The van der Waals surface area contributed by atoms with Crippen LogP contribution in [-0.2, 0) is 11.2 Å². The van der Waals surface area contributed by atoms with Gasteiger partial charge in [-0.05, 0) is 47.3 Å². The van der Waals surface area contributed by atoms with Crippen molar-refractivity contribution < 1.29 is 14.0 Å². The number of nitrogens with zero attached hydrogens (tertiary/aromatic N) is 2. The molecule has 0 bridgehead atoms. The van der Waals surface area contributed by atoms with Gasteiger partial charge in [-0.1, -0.05) is 18.2 Å². The molecule has 3 heterocycles. The zero-order valence-corrected chi connectivity index (χ0v) is 14.3. The average molecular weight is 356 g/mol. The van der Waals surface area contributed by atoms with Crippen molar-refractivity contribution in [3.05, 3.63) is 52.6 Å². The summed E-state index contributed by atoms with van der Waals surface area (Å²) in [4.78, 5) is 29.4. The van der Waals surface area contributed by atoms with Gasteiger partial charge in [0.1, 0.15) is 5.76 Å². The van der Waals surface area contributed by atoms with E-state index in [1.165, 1.54) is 24.4 Å². The first-order valence-electron chi connectivity index (χ1n) is 7.25. The van der Waals surface area contributed by atoms with E-state index in [1.54, 1.807) is 12.1 Å². The maximum Gasteiger partial charge on any atom is 0.293 e. The van der Waals surface area contributed by atoms with Crippen LogP contribution in [0.5, 0.6) is 0 Å². The number of fused-ring (bicyclic) bond motifs is 1. The average Bonchev–Trinajstić information content (AvgIpc) is 3.24. The third-order valence-electron chi connectivity index (χ3n) is 3.66. The van der Waals surface area contributed by atoms with E-state index in [4.69, 9.17) is 4.42 Å². The summed E-state index contributed by atoms with van der Waals surface area (Å²) in [6, 6.07) is 11.7. The molecular weight excluding hydrogens is 344 g/mol. The number of rotatable bonds is 2. The van der Waals surface area contributed by atoms with Crippen molar-refractivity contribution in [2.45, 2.75) is 11.5 Å². The minimum absolute atomic E-state index is 0.273. The van der Waals surface area contributed by atoms with Gasteiger partial charge in [0, 0.05) is 19.5 Å². The molecule has 0 atom stereocenters. The van der Waals surface area contributed by atoms with Crippen LogP contribution in [0.3, 0.4) is 0 Å². The fraction of sp³-hybridized carbons (Fsp3) is 0.118. The van der Waals surface area contributed by atoms with Crippen molar-refractivity contribution in [2.24, 2.45) is 4.99 Å². The molecule has 24 heavy (non-hydrogen) atoms. The molecule has 0 radical (unpaired) electrons. The number of benzene rings is 1. The summed E-state index contributed by atoms with van der Waals surface area (Å²) in [5.74, 6) is 0.249. The van der Waals surface area contributed by atoms with Gasteiger partial charge in [-0.25, -0.2) is 4.99 Å². The summed E-state index contributed by atoms with van der Waals surface area (Å²) in [6.45, 7) is 0. The van der Waals surface area contributed by atoms with Crippen molar-refractivity contribution in [3.8, 4) is 0 Å². The molecule has 5 nitrogen and oxygen atoms in total. The first-order valence-corrected chi connectivity index (χ1v) is 8.88. The number of hydrogen-bond acceptors (Lipinski definition) is 6. The molecule has 0 N–H and O–H groups in total. The molecule has 2 aliphatic heterocycles. The van der Waals surface area contributed by atoms with E-state index in [1.807, 2.05) is 24.3 Å². The number of furan rings is 1. The van der Waals surface area contributed by atoms with Crippen LogP contribution in [0.15, 0.2) is 55.8 Å². The minimum Gasteiger partial charge on any atom is -0.450 e. The number of thioether (sulfide) groups is 2. The van der Waals surface area contributed by atoms with Gasteiger partial charge in [-0.3, -0.25) is 14.5 Å². The van der Waals surface area contributed by atoms with E-state index in [0.29, 0.717) is 15.8 Å². The number of imide groups is 1. The number of likely N-dealkylation sites (N-methyl/N-ethyl adjacent to an activating group) is 1. The van der Waals surface area contributed by atoms with Crippen LogP contribution in [-0.4, -0.2) is 28.1 Å². The predicted octanol–water partition coefficient (Wildman–Crippen LogP) is 4.32. The van der Waals surface area contributed by atoms with E-state index in [0.717, 1.165) is 33.8 Å². The van der Waals surface area contributed by atoms with Crippen LogP contribution >= 0.6 is 23.5 Å². The molecule has 1 fully saturated rings. The van der Waals surface area contributed by atoms with Gasteiger partial charge in [0.05, 0.1) is 15.6 Å². The van der Waals surface area contributed by atoms with Crippen LogP contribution in [0.25, 0.3) is 6.08 Å². The number of aliphatic imine (C=N–C) groups is 1. The zero-order chi connectivity index (χ0) is 16.7. The smallest absolute Gasteiger partial charge is 0.293 e. The highest BCUT2D eigenvalue weighted by atomic mass is 32.2. The first kappa shape index (κ1) is 15.3. The normalized spacial score (nSPS) is 18.5. The van der Waals surface area contributed by atoms with E-state index in [9.17, 15) is 9.59 Å². The van der Waals surface area contributed by atoms with Crippen molar-refractivity contribution in [1.29, 1.82) is 0 Å². The Bertz CT molecular complexity index is 914. The topological polar surface area (TPSA) is 62.9 Å². The third-order valence-corrected chi connectivity index (χ3v) is 5.51. The lowest BCUT2D eigenvalue weighted by Crippen LogP contribution is -2.22. The Morgan fingerprint density at radius 3 is 2.83 bits per heavy atom. The molecule has 1 aromatic heterocycles. The van der Waals surface area contributed by atoms with E-state index < -0.39 is 0 Å². The Morgan fingerprint density at radius 2 is 2.08 bits per heavy atom. The highest BCUT2D eigenvalue weighted by Gasteiger charge is 2.32. The van der Waals surface area contributed by atoms with Gasteiger partial charge < -0.3 is 4.42 Å². The second-order valence-corrected chi connectivity index (χ2v) is 7.38. The summed E-state index contributed by atoms with van der Waals surface area (Å²) < 4.78 is 5.74. The Hall–Kier alpha value is -2.25. The second kappa shape index (κ2) is 5.99. The molecule has 7 heteroatoms. The molecular formula is C17H12N2O3S2. The Morgan fingerprint density at radius 1 is 1.25 bits per heavy atom. The molecule has 0 aliphatic carbocycles. The molecule has 4 rings (SSSR count). The second-order valence-electron chi connectivity index (χ2n) is 5.31. The SMILES string of the molecule is CN1C(=O)SC(=Cc2ccc(SC3=Nc4ccccc4C3)o2)C1=O. The third kappa shape index (κ3) is 2.81. The van der Waals surface area contributed by atoms with Gasteiger partial charge in [0.15, 0.2) is 5.09 Å². The van der Waals surface area contributed by atoms with Crippen LogP contribution in [0.2, 0.25) is 0 Å². The summed E-state index contributed by atoms with van der Waals surface area (Å²) in [5.41, 5.74) is 2.21. The number of amides is 2. The van der Waals surface area contributed by atoms with E-state index >= 15 is 0 Å². The molecule has 2 aliphatic rings. The molecule has 0 saturated carbocycles. The fourth-order valence-corrected chi connectivity index (χ4v) is 4.11. The summed E-state index contributed by atoms with van der Waals surface area (Å²) in [5, 5.41) is 1.42. The summed E-state index contributed by atoms with van der Waals surface area (Å²) in [7, 11) is 1.47. The fourth-order valence-electron chi connectivity index (χ4n) is 2.42. The molecule has 120 valence electrons. The van der Waals surface area contributed by atoms with Gasteiger partial charge in [-0.2, -0.15) is 0 Å². The molecule has 0 spiro atoms. The number of carbonyl (C=O) groups excluding carboxylic acids is 2. The first-order chi connectivity index (χ1) is 11.6. The van der Waals surface area contributed by atoms with Crippen molar-refractivity contribution in [1.82, 2.24) is 4.90 Å². The maximum absolute atomic E-state index is 11.9. The van der Waals surface area contributed by atoms with Gasteiger partial charge in [0.2, 0.25) is 0 Å². The van der Waals surface area contributed by atoms with Crippen LogP contribution in [0.1, 0.15) is 11.3 Å². The Kier molecular flexibility index (Phi) is 3.82. The predicted molar refractivity (Wildman–Crippen MR) is 95.5 cm³/mol. The molecule has 1 aromatic carbocycles. The van der Waals surface area contributed by atoms with Crippen LogP contribution < -0.4 is 0 Å². The lowest BCUT2D eigenvalue weighted by Gasteiger charge is -2.00. The Labute approximate surface area is 146 Å². The van der Waals surface area contributed by atoms with E-state index in [-0.39, 0.29) is 11.1 Å². The van der Waals surface area contributed by atoms with Gasteiger partial charge >= 0.3 is 0 Å². The highest BCUT2D eigenvalue weighted by Crippen LogP contribution is 2.35. The summed E-state index contributed by atoms with van der Waals surface area (Å²) in [6.07, 6.45) is 2.40. The molecule has 2 aromatic rings. The minimum atomic E-state index is -0.300. The van der Waals surface area contributed by atoms with E-state index in [2.05, 4.69) is 11.1 Å². The monoisotopic (exact) mass is 356 g/mol. The van der Waals surface area contributed by atoms with Gasteiger partial charge in [-0.15, -0.1) is 0 Å². The van der Waals surface area contributed by atoms with Crippen LogP contribution in [0, 0.1) is 0 Å². The number of para-hydroxylation sites is 1.